The van der Waals surface area contributed by atoms with E-state index in [0.717, 1.165) is 24.8 Å². The van der Waals surface area contributed by atoms with Crippen LogP contribution in [0.15, 0.2) is 6.07 Å². The fourth-order valence-corrected chi connectivity index (χ4v) is 3.55. The molecule has 0 amide bonds. The molecule has 2 fully saturated rings. The van der Waals surface area contributed by atoms with Gasteiger partial charge in [-0.15, -0.1) is 0 Å². The maximum atomic E-state index is 14.3. The van der Waals surface area contributed by atoms with Crippen LogP contribution in [0.25, 0.3) is 0 Å². The number of epoxide rings is 1. The molecule has 1 saturated heterocycles. The maximum Gasteiger partial charge on any atom is 0.168 e. The van der Waals surface area contributed by atoms with Gasteiger partial charge in [-0.25, -0.2) is 4.39 Å². The first-order valence-corrected chi connectivity index (χ1v) is 7.10. The van der Waals surface area contributed by atoms with Gasteiger partial charge in [-0.1, -0.05) is 0 Å². The summed E-state index contributed by atoms with van der Waals surface area (Å²) in [6, 6.07) is 1.75. The fraction of sp³-hybridized carbons (Fsp3) is 0.625. The molecule has 110 valence electrons. The lowest BCUT2D eigenvalue weighted by Gasteiger charge is -2.26. The topological polar surface area (TPSA) is 31.0 Å². The molecule has 1 aromatic carbocycles. The lowest BCUT2D eigenvalue weighted by molar-refractivity contribution is 0.301. The van der Waals surface area contributed by atoms with Crippen molar-refractivity contribution in [1.29, 1.82) is 0 Å². The fourth-order valence-electron chi connectivity index (χ4n) is 3.55. The Bertz CT molecular complexity index is 543. The predicted molar refractivity (Wildman–Crippen MR) is 74.1 cm³/mol. The number of ether oxygens (including phenoxy) is 3. The number of halogens is 1. The number of rotatable bonds is 3. The molecule has 1 heterocycles. The summed E-state index contributed by atoms with van der Waals surface area (Å²) in [5.41, 5.74) is 1.32. The molecule has 1 aliphatic carbocycles. The van der Waals surface area contributed by atoms with E-state index in [1.54, 1.807) is 20.1 Å². The molecule has 0 aromatic heterocycles. The molecule has 0 N–H and O–H groups in total. The first kappa shape index (κ1) is 13.7. The number of hydrogen-bond acceptors (Lipinski definition) is 3. The van der Waals surface area contributed by atoms with E-state index in [0.29, 0.717) is 17.1 Å². The Hall–Kier alpha value is -1.29. The van der Waals surface area contributed by atoms with Gasteiger partial charge in [-0.05, 0) is 44.7 Å². The standard InChI is InChI=1S/C16H21FO3/c1-9-8-11(18-3)12(14(19-4)13(9)17)10-6-5-7-16(2)15(10)20-16/h8,10,15H,5-7H2,1-4H3. The molecule has 3 unspecified atom stereocenters. The molecule has 0 radical (unpaired) electrons. The molecule has 3 atom stereocenters. The lowest BCUT2D eigenvalue weighted by Crippen LogP contribution is -2.23. The molecule has 0 spiro atoms. The normalized spacial score (nSPS) is 31.6. The van der Waals surface area contributed by atoms with Crippen molar-refractivity contribution in [3.8, 4) is 11.5 Å². The van der Waals surface area contributed by atoms with Crippen molar-refractivity contribution in [3.05, 3.63) is 23.0 Å². The van der Waals surface area contributed by atoms with Gasteiger partial charge in [-0.3, -0.25) is 0 Å². The van der Waals surface area contributed by atoms with Crippen molar-refractivity contribution in [1.82, 2.24) is 0 Å². The van der Waals surface area contributed by atoms with E-state index in [-0.39, 0.29) is 23.4 Å². The number of fused-ring (bicyclic) bond motifs is 1. The van der Waals surface area contributed by atoms with E-state index in [4.69, 9.17) is 14.2 Å². The summed E-state index contributed by atoms with van der Waals surface area (Å²) in [6.45, 7) is 3.86. The van der Waals surface area contributed by atoms with Gasteiger partial charge >= 0.3 is 0 Å². The van der Waals surface area contributed by atoms with Crippen molar-refractivity contribution in [2.45, 2.75) is 50.7 Å². The Morgan fingerprint density at radius 2 is 2.10 bits per heavy atom. The minimum atomic E-state index is -0.295. The van der Waals surface area contributed by atoms with Crippen molar-refractivity contribution in [2.24, 2.45) is 0 Å². The van der Waals surface area contributed by atoms with Crippen LogP contribution in [0.4, 0.5) is 4.39 Å². The average molecular weight is 280 g/mol. The Labute approximate surface area is 119 Å². The van der Waals surface area contributed by atoms with E-state index in [9.17, 15) is 4.39 Å². The second-order valence-corrected chi connectivity index (χ2v) is 6.01. The van der Waals surface area contributed by atoms with Gasteiger partial charge in [0.2, 0.25) is 0 Å². The highest BCUT2D eigenvalue weighted by Gasteiger charge is 2.59. The van der Waals surface area contributed by atoms with Crippen LogP contribution in [0, 0.1) is 12.7 Å². The highest BCUT2D eigenvalue weighted by molar-refractivity contribution is 5.52. The summed E-state index contributed by atoms with van der Waals surface area (Å²) in [5.74, 6) is 0.863. The van der Waals surface area contributed by atoms with Crippen LogP contribution >= 0.6 is 0 Å². The summed E-state index contributed by atoms with van der Waals surface area (Å²) < 4.78 is 31.0. The zero-order valence-electron chi connectivity index (χ0n) is 12.5. The number of aryl methyl sites for hydroxylation is 1. The zero-order chi connectivity index (χ0) is 14.5. The number of methoxy groups -OCH3 is 2. The lowest BCUT2D eigenvalue weighted by atomic mass is 9.78. The summed E-state index contributed by atoms with van der Waals surface area (Å²) in [5, 5.41) is 0. The van der Waals surface area contributed by atoms with Crippen LogP contribution in [-0.4, -0.2) is 25.9 Å². The van der Waals surface area contributed by atoms with Gasteiger partial charge in [0, 0.05) is 11.5 Å². The van der Waals surface area contributed by atoms with Crippen LogP contribution in [0.3, 0.4) is 0 Å². The summed E-state index contributed by atoms with van der Waals surface area (Å²) in [4.78, 5) is 0. The maximum absolute atomic E-state index is 14.3. The highest BCUT2D eigenvalue weighted by atomic mass is 19.1. The smallest absolute Gasteiger partial charge is 0.168 e. The molecule has 3 nitrogen and oxygen atoms in total. The third-order valence-electron chi connectivity index (χ3n) is 4.69. The minimum absolute atomic E-state index is 0.0414. The van der Waals surface area contributed by atoms with Crippen LogP contribution < -0.4 is 9.47 Å². The van der Waals surface area contributed by atoms with Gasteiger partial charge in [0.15, 0.2) is 11.6 Å². The average Bonchev–Trinajstić information content (AvgIpc) is 3.13. The van der Waals surface area contributed by atoms with Crippen molar-refractivity contribution >= 4 is 0 Å². The van der Waals surface area contributed by atoms with Crippen LogP contribution in [0.1, 0.15) is 43.2 Å². The third kappa shape index (κ3) is 1.89. The molecule has 3 rings (SSSR count). The molecule has 20 heavy (non-hydrogen) atoms. The quantitative estimate of drug-likeness (QED) is 0.793. The monoisotopic (exact) mass is 280 g/mol. The summed E-state index contributed by atoms with van der Waals surface area (Å²) in [7, 11) is 3.13. The van der Waals surface area contributed by atoms with Crippen molar-refractivity contribution in [2.75, 3.05) is 14.2 Å². The van der Waals surface area contributed by atoms with Gasteiger partial charge in [-0.2, -0.15) is 0 Å². The molecule has 2 aliphatic rings. The summed E-state index contributed by atoms with van der Waals surface area (Å²) >= 11 is 0. The second-order valence-electron chi connectivity index (χ2n) is 6.01. The first-order chi connectivity index (χ1) is 9.51. The summed E-state index contributed by atoms with van der Waals surface area (Å²) in [6.07, 6.45) is 3.29. The van der Waals surface area contributed by atoms with Gasteiger partial charge in [0.25, 0.3) is 0 Å². The molecular formula is C16H21FO3. The Kier molecular flexibility index (Phi) is 3.16. The zero-order valence-corrected chi connectivity index (χ0v) is 12.5. The molecular weight excluding hydrogens is 259 g/mol. The second kappa shape index (κ2) is 4.62. The predicted octanol–water partition coefficient (Wildman–Crippen LogP) is 3.58. The molecule has 1 aliphatic heterocycles. The van der Waals surface area contributed by atoms with Gasteiger partial charge in [0.1, 0.15) is 5.75 Å². The first-order valence-electron chi connectivity index (χ1n) is 7.10. The molecule has 4 heteroatoms. The van der Waals surface area contributed by atoms with E-state index in [2.05, 4.69) is 6.92 Å². The van der Waals surface area contributed by atoms with E-state index in [1.807, 2.05) is 0 Å². The van der Waals surface area contributed by atoms with E-state index in [1.165, 1.54) is 7.11 Å². The Balaban J connectivity index is 2.10. The van der Waals surface area contributed by atoms with Crippen LogP contribution in [0.5, 0.6) is 11.5 Å². The number of benzene rings is 1. The van der Waals surface area contributed by atoms with Gasteiger partial charge < -0.3 is 14.2 Å². The van der Waals surface area contributed by atoms with E-state index < -0.39 is 0 Å². The molecule has 0 bridgehead atoms. The third-order valence-corrected chi connectivity index (χ3v) is 4.69. The molecule has 1 aromatic rings. The van der Waals surface area contributed by atoms with Crippen molar-refractivity contribution in [3.63, 3.8) is 0 Å². The highest BCUT2D eigenvalue weighted by Crippen LogP contribution is 2.57. The van der Waals surface area contributed by atoms with Crippen LogP contribution in [0.2, 0.25) is 0 Å². The Morgan fingerprint density at radius 1 is 1.35 bits per heavy atom. The van der Waals surface area contributed by atoms with Gasteiger partial charge in [0.05, 0.1) is 25.9 Å². The Morgan fingerprint density at radius 3 is 2.75 bits per heavy atom. The van der Waals surface area contributed by atoms with Crippen molar-refractivity contribution < 1.29 is 18.6 Å². The SMILES string of the molecule is COc1cc(C)c(F)c(OC)c1C1CCCC2(C)OC12. The largest absolute Gasteiger partial charge is 0.496 e. The number of hydrogen-bond donors (Lipinski definition) is 0. The minimum Gasteiger partial charge on any atom is -0.496 e. The van der Waals surface area contributed by atoms with E-state index >= 15 is 0 Å². The van der Waals surface area contributed by atoms with Crippen LogP contribution in [-0.2, 0) is 4.74 Å². The molecule has 1 saturated carbocycles.